The second-order valence-corrected chi connectivity index (χ2v) is 5.79. The van der Waals surface area contributed by atoms with Crippen molar-refractivity contribution in [2.75, 3.05) is 18.5 Å². The fraction of sp³-hybridized carbons (Fsp3) is 0.400. The quantitative estimate of drug-likeness (QED) is 0.928. The van der Waals surface area contributed by atoms with E-state index in [2.05, 4.69) is 45.8 Å². The summed E-state index contributed by atoms with van der Waals surface area (Å²) in [6.07, 6.45) is 2.47. The highest BCUT2D eigenvalue weighted by Crippen LogP contribution is 2.26. The summed E-state index contributed by atoms with van der Waals surface area (Å²) >= 11 is 1.65. The van der Waals surface area contributed by atoms with Crippen LogP contribution in [-0.4, -0.2) is 18.6 Å². The first-order chi connectivity index (χ1) is 9.33. The number of hydrogen-bond acceptors (Lipinski definition) is 4. The molecule has 0 atom stereocenters. The van der Waals surface area contributed by atoms with E-state index < -0.39 is 0 Å². The highest BCUT2D eigenvalue weighted by molar-refractivity contribution is 7.07. The Balaban J connectivity index is 1.62. The SMILES string of the molecule is CN1CCCc2cc(CNCc3cscn3)ccc21. The van der Waals surface area contributed by atoms with E-state index in [9.17, 15) is 0 Å². The molecule has 4 heteroatoms. The number of hydrogen-bond donors (Lipinski definition) is 1. The van der Waals surface area contributed by atoms with Crippen LogP contribution in [0.3, 0.4) is 0 Å². The molecule has 0 fully saturated rings. The normalized spacial score (nSPS) is 14.5. The minimum Gasteiger partial charge on any atom is -0.374 e. The van der Waals surface area contributed by atoms with Gasteiger partial charge in [0.15, 0.2) is 0 Å². The number of thiazole rings is 1. The molecular weight excluding hydrogens is 254 g/mol. The summed E-state index contributed by atoms with van der Waals surface area (Å²) in [4.78, 5) is 6.63. The zero-order valence-electron chi connectivity index (χ0n) is 11.2. The van der Waals surface area contributed by atoms with Gasteiger partial charge in [-0.2, -0.15) is 0 Å². The molecule has 0 unspecified atom stereocenters. The molecule has 3 rings (SSSR count). The molecule has 1 aliphatic rings. The van der Waals surface area contributed by atoms with Gasteiger partial charge < -0.3 is 10.2 Å². The van der Waals surface area contributed by atoms with Crippen molar-refractivity contribution in [3.05, 3.63) is 45.9 Å². The topological polar surface area (TPSA) is 28.2 Å². The minimum absolute atomic E-state index is 0.848. The van der Waals surface area contributed by atoms with Gasteiger partial charge in [-0.1, -0.05) is 12.1 Å². The summed E-state index contributed by atoms with van der Waals surface area (Å²) < 4.78 is 0. The lowest BCUT2D eigenvalue weighted by Crippen LogP contribution is -2.24. The van der Waals surface area contributed by atoms with Crippen LogP contribution in [-0.2, 0) is 19.5 Å². The zero-order chi connectivity index (χ0) is 13.1. The average molecular weight is 273 g/mol. The molecule has 2 heterocycles. The molecule has 0 bridgehead atoms. The largest absolute Gasteiger partial charge is 0.374 e. The second kappa shape index (κ2) is 5.72. The number of aryl methyl sites for hydroxylation is 1. The monoisotopic (exact) mass is 273 g/mol. The first kappa shape index (κ1) is 12.6. The summed E-state index contributed by atoms with van der Waals surface area (Å²) in [5.74, 6) is 0. The van der Waals surface area contributed by atoms with E-state index in [-0.39, 0.29) is 0 Å². The van der Waals surface area contributed by atoms with Gasteiger partial charge >= 0.3 is 0 Å². The molecule has 0 radical (unpaired) electrons. The number of aromatic nitrogens is 1. The van der Waals surface area contributed by atoms with Crippen LogP contribution in [0.15, 0.2) is 29.1 Å². The number of fused-ring (bicyclic) bond motifs is 1. The Kier molecular flexibility index (Phi) is 3.80. The van der Waals surface area contributed by atoms with E-state index >= 15 is 0 Å². The number of nitrogens with one attached hydrogen (secondary N) is 1. The second-order valence-electron chi connectivity index (χ2n) is 5.07. The smallest absolute Gasteiger partial charge is 0.0795 e. The van der Waals surface area contributed by atoms with Gasteiger partial charge in [-0.3, -0.25) is 0 Å². The van der Waals surface area contributed by atoms with Crippen molar-refractivity contribution in [2.45, 2.75) is 25.9 Å². The van der Waals surface area contributed by atoms with Gasteiger partial charge in [0.2, 0.25) is 0 Å². The molecule has 0 spiro atoms. The van der Waals surface area contributed by atoms with Crippen LogP contribution in [0.5, 0.6) is 0 Å². The number of nitrogens with zero attached hydrogens (tertiary/aromatic N) is 2. The molecule has 1 aromatic carbocycles. The molecule has 19 heavy (non-hydrogen) atoms. The third-order valence-electron chi connectivity index (χ3n) is 3.61. The molecule has 1 N–H and O–H groups in total. The Morgan fingerprint density at radius 1 is 1.37 bits per heavy atom. The summed E-state index contributed by atoms with van der Waals surface area (Å²) in [6, 6.07) is 6.84. The van der Waals surface area contributed by atoms with Crippen LogP contribution in [0.4, 0.5) is 5.69 Å². The van der Waals surface area contributed by atoms with E-state index in [1.54, 1.807) is 11.3 Å². The molecule has 3 nitrogen and oxygen atoms in total. The average Bonchev–Trinajstić information content (AvgIpc) is 2.92. The zero-order valence-corrected chi connectivity index (χ0v) is 12.0. The number of anilines is 1. The predicted octanol–water partition coefficient (Wildman–Crippen LogP) is 2.82. The summed E-state index contributed by atoms with van der Waals surface area (Å²) in [7, 11) is 2.18. The highest BCUT2D eigenvalue weighted by atomic mass is 32.1. The summed E-state index contributed by atoms with van der Waals surface area (Å²) in [6.45, 7) is 2.93. The van der Waals surface area contributed by atoms with Gasteiger partial charge in [0, 0.05) is 37.7 Å². The van der Waals surface area contributed by atoms with Gasteiger partial charge in [-0.15, -0.1) is 11.3 Å². The van der Waals surface area contributed by atoms with Crippen molar-refractivity contribution in [1.82, 2.24) is 10.3 Å². The van der Waals surface area contributed by atoms with Crippen LogP contribution in [0.2, 0.25) is 0 Å². The Hall–Kier alpha value is -1.39. The summed E-state index contributed by atoms with van der Waals surface area (Å²) in [5.41, 5.74) is 7.26. The van der Waals surface area contributed by atoms with Crippen LogP contribution in [0, 0.1) is 0 Å². The van der Waals surface area contributed by atoms with Gasteiger partial charge in [-0.05, 0) is 30.0 Å². The maximum Gasteiger partial charge on any atom is 0.0795 e. The fourth-order valence-corrected chi connectivity index (χ4v) is 3.17. The van der Waals surface area contributed by atoms with Gasteiger partial charge in [0.1, 0.15) is 0 Å². The predicted molar refractivity (Wildman–Crippen MR) is 80.7 cm³/mol. The van der Waals surface area contributed by atoms with E-state index in [1.807, 2.05) is 5.51 Å². The molecule has 0 saturated heterocycles. The third-order valence-corrected chi connectivity index (χ3v) is 4.25. The minimum atomic E-state index is 0.848. The molecule has 100 valence electrons. The van der Waals surface area contributed by atoms with Crippen LogP contribution in [0.1, 0.15) is 23.2 Å². The molecule has 0 amide bonds. The molecule has 1 aliphatic heterocycles. The highest BCUT2D eigenvalue weighted by Gasteiger charge is 2.13. The standard InChI is InChI=1S/C15H19N3S/c1-18-6-2-3-13-7-12(4-5-15(13)18)8-16-9-14-10-19-11-17-14/h4-5,7,10-11,16H,2-3,6,8-9H2,1H3. The lowest BCUT2D eigenvalue weighted by molar-refractivity contribution is 0.679. The van der Waals surface area contributed by atoms with Crippen LogP contribution >= 0.6 is 11.3 Å². The molecule has 0 saturated carbocycles. The lowest BCUT2D eigenvalue weighted by atomic mass is 9.99. The van der Waals surface area contributed by atoms with Crippen molar-refractivity contribution >= 4 is 17.0 Å². The van der Waals surface area contributed by atoms with Gasteiger partial charge in [-0.25, -0.2) is 4.98 Å². The maximum atomic E-state index is 4.28. The van der Waals surface area contributed by atoms with E-state index in [4.69, 9.17) is 0 Å². The van der Waals surface area contributed by atoms with Crippen molar-refractivity contribution in [3.8, 4) is 0 Å². The van der Waals surface area contributed by atoms with Crippen LogP contribution in [0.25, 0.3) is 0 Å². The maximum absolute atomic E-state index is 4.28. The Morgan fingerprint density at radius 2 is 2.32 bits per heavy atom. The first-order valence-electron chi connectivity index (χ1n) is 6.73. The Bertz CT molecular complexity index is 536. The molecule has 0 aliphatic carbocycles. The summed E-state index contributed by atoms with van der Waals surface area (Å²) in [5, 5.41) is 5.54. The molecular formula is C15H19N3S. The molecule has 1 aromatic heterocycles. The van der Waals surface area contributed by atoms with E-state index in [0.29, 0.717) is 0 Å². The van der Waals surface area contributed by atoms with Crippen molar-refractivity contribution in [1.29, 1.82) is 0 Å². The number of benzene rings is 1. The Morgan fingerprint density at radius 3 is 3.16 bits per heavy atom. The van der Waals surface area contributed by atoms with Crippen molar-refractivity contribution < 1.29 is 0 Å². The van der Waals surface area contributed by atoms with Crippen LogP contribution < -0.4 is 10.2 Å². The fourth-order valence-electron chi connectivity index (χ4n) is 2.61. The van der Waals surface area contributed by atoms with E-state index in [0.717, 1.165) is 18.8 Å². The Labute approximate surface area is 118 Å². The first-order valence-corrected chi connectivity index (χ1v) is 7.68. The van der Waals surface area contributed by atoms with Gasteiger partial charge in [0.25, 0.3) is 0 Å². The lowest BCUT2D eigenvalue weighted by Gasteiger charge is -2.27. The van der Waals surface area contributed by atoms with Crippen molar-refractivity contribution in [3.63, 3.8) is 0 Å². The third kappa shape index (κ3) is 2.96. The van der Waals surface area contributed by atoms with Gasteiger partial charge in [0.05, 0.1) is 11.2 Å². The number of rotatable bonds is 4. The van der Waals surface area contributed by atoms with Crippen molar-refractivity contribution in [2.24, 2.45) is 0 Å². The van der Waals surface area contributed by atoms with E-state index in [1.165, 1.54) is 36.2 Å². The molecule has 2 aromatic rings.